The zero-order chi connectivity index (χ0) is 14.2. The van der Waals surface area contributed by atoms with E-state index in [0.717, 1.165) is 24.8 Å². The Morgan fingerprint density at radius 3 is 2.53 bits per heavy atom. The first-order valence-electron chi connectivity index (χ1n) is 5.56. The zero-order valence-electron chi connectivity index (χ0n) is 10.4. The fourth-order valence-corrected chi connectivity index (χ4v) is 3.58. The van der Waals surface area contributed by atoms with E-state index in [1.54, 1.807) is 4.68 Å². The molecule has 1 aromatic heterocycles. The Hall–Kier alpha value is -0.460. The number of rotatable bonds is 3. The fraction of sp³-hybridized carbons (Fsp3) is 0.231. The van der Waals surface area contributed by atoms with Crippen molar-refractivity contribution in [3.8, 4) is 0 Å². The molecule has 0 saturated carbocycles. The molecule has 0 aliphatic heterocycles. The van der Waals surface area contributed by atoms with E-state index < -0.39 is 0 Å². The molecule has 100 valence electrons. The van der Waals surface area contributed by atoms with Crippen molar-refractivity contribution in [3.63, 3.8) is 0 Å². The molecule has 0 radical (unpaired) electrons. The summed E-state index contributed by atoms with van der Waals surface area (Å²) in [6.07, 6.45) is 0.318. The minimum absolute atomic E-state index is 0.0584. The second kappa shape index (κ2) is 5.89. The van der Waals surface area contributed by atoms with Crippen LogP contribution in [0.25, 0.3) is 0 Å². The van der Waals surface area contributed by atoms with Gasteiger partial charge in [0, 0.05) is 21.6 Å². The van der Waals surface area contributed by atoms with Crippen LogP contribution in [-0.2, 0) is 13.5 Å². The number of nitrogens with zero attached hydrogens (tertiary/aromatic N) is 2. The van der Waals surface area contributed by atoms with Crippen molar-refractivity contribution in [2.45, 2.75) is 13.3 Å². The van der Waals surface area contributed by atoms with Gasteiger partial charge in [-0.3, -0.25) is 9.48 Å². The van der Waals surface area contributed by atoms with Crippen molar-refractivity contribution in [1.29, 1.82) is 0 Å². The van der Waals surface area contributed by atoms with Crippen LogP contribution in [-0.4, -0.2) is 15.6 Å². The monoisotopic (exact) mass is 448 g/mol. The van der Waals surface area contributed by atoms with Gasteiger partial charge < -0.3 is 0 Å². The van der Waals surface area contributed by atoms with Gasteiger partial charge in [0.25, 0.3) is 0 Å². The van der Waals surface area contributed by atoms with Gasteiger partial charge in [-0.2, -0.15) is 5.10 Å². The van der Waals surface area contributed by atoms with E-state index >= 15 is 0 Å². The maximum absolute atomic E-state index is 12.4. The van der Waals surface area contributed by atoms with Gasteiger partial charge >= 0.3 is 0 Å². The Bertz CT molecular complexity index is 650. The molecule has 0 unspecified atom stereocenters. The molecule has 0 bridgehead atoms. The molecule has 0 N–H and O–H groups in total. The first-order chi connectivity index (χ1) is 8.90. The molecular formula is C13H11Br3N2O. The maximum atomic E-state index is 12.4. The number of aromatic nitrogens is 2. The van der Waals surface area contributed by atoms with Crippen molar-refractivity contribution in [2.75, 3.05) is 0 Å². The van der Waals surface area contributed by atoms with Crippen LogP contribution in [0.1, 0.15) is 21.7 Å². The predicted molar refractivity (Wildman–Crippen MR) is 85.5 cm³/mol. The third-order valence-corrected chi connectivity index (χ3v) is 5.00. The van der Waals surface area contributed by atoms with E-state index in [1.807, 2.05) is 32.2 Å². The summed E-state index contributed by atoms with van der Waals surface area (Å²) >= 11 is 10.3. The molecule has 0 spiro atoms. The molecule has 0 fully saturated rings. The first kappa shape index (κ1) is 14.9. The van der Waals surface area contributed by atoms with Crippen LogP contribution in [0.2, 0.25) is 0 Å². The van der Waals surface area contributed by atoms with Crippen LogP contribution in [0, 0.1) is 6.92 Å². The van der Waals surface area contributed by atoms with E-state index in [9.17, 15) is 4.79 Å². The first-order valence-corrected chi connectivity index (χ1v) is 7.94. The Balaban J connectivity index is 2.31. The lowest BCUT2D eigenvalue weighted by atomic mass is 10.1. The third-order valence-electron chi connectivity index (χ3n) is 2.82. The Morgan fingerprint density at radius 1 is 1.32 bits per heavy atom. The van der Waals surface area contributed by atoms with Crippen molar-refractivity contribution >= 4 is 53.6 Å². The van der Waals surface area contributed by atoms with Crippen LogP contribution in [0.5, 0.6) is 0 Å². The summed E-state index contributed by atoms with van der Waals surface area (Å²) < 4.78 is 4.37. The highest BCUT2D eigenvalue weighted by molar-refractivity contribution is 9.11. The SMILES string of the molecule is Cc1nn(C)c(CC(=O)c2ccc(Br)cc2Br)c1Br. The minimum atomic E-state index is 0.0584. The zero-order valence-corrected chi connectivity index (χ0v) is 15.1. The summed E-state index contributed by atoms with van der Waals surface area (Å²) in [6.45, 7) is 1.91. The van der Waals surface area contributed by atoms with Gasteiger partial charge in [0.2, 0.25) is 0 Å². The molecule has 2 rings (SSSR count). The average Bonchev–Trinajstić information content (AvgIpc) is 2.56. The molecule has 0 atom stereocenters. The summed E-state index contributed by atoms with van der Waals surface area (Å²) in [4.78, 5) is 12.4. The van der Waals surface area contributed by atoms with Crippen molar-refractivity contribution < 1.29 is 4.79 Å². The van der Waals surface area contributed by atoms with Crippen LogP contribution in [0.15, 0.2) is 31.6 Å². The summed E-state index contributed by atoms with van der Waals surface area (Å²) in [5.41, 5.74) is 2.45. The number of Topliss-reactive ketones (excluding diaryl/α,β-unsaturated/α-hetero) is 1. The molecule has 0 amide bonds. The number of halogens is 3. The summed E-state index contributed by atoms with van der Waals surface area (Å²) in [5.74, 6) is 0.0584. The number of benzene rings is 1. The van der Waals surface area contributed by atoms with Gasteiger partial charge in [-0.05, 0) is 41.1 Å². The van der Waals surface area contributed by atoms with Crippen LogP contribution >= 0.6 is 47.8 Å². The third kappa shape index (κ3) is 3.17. The normalized spacial score (nSPS) is 10.8. The second-order valence-corrected chi connectivity index (χ2v) is 6.76. The van der Waals surface area contributed by atoms with E-state index in [4.69, 9.17) is 0 Å². The molecule has 1 heterocycles. The van der Waals surface area contributed by atoms with Gasteiger partial charge in [-0.1, -0.05) is 31.9 Å². The summed E-state index contributed by atoms with van der Waals surface area (Å²) in [7, 11) is 1.84. The molecule has 0 aliphatic carbocycles. The molecule has 6 heteroatoms. The molecule has 3 nitrogen and oxygen atoms in total. The fourth-order valence-electron chi connectivity index (χ4n) is 1.84. The van der Waals surface area contributed by atoms with Crippen molar-refractivity contribution in [2.24, 2.45) is 7.05 Å². The van der Waals surface area contributed by atoms with E-state index in [2.05, 4.69) is 52.9 Å². The Labute approximate surface area is 136 Å². The number of aryl methyl sites for hydroxylation is 2. The molecule has 0 aliphatic rings. The highest BCUT2D eigenvalue weighted by atomic mass is 79.9. The number of hydrogen-bond donors (Lipinski definition) is 0. The summed E-state index contributed by atoms with van der Waals surface area (Å²) in [6, 6.07) is 5.55. The minimum Gasteiger partial charge on any atom is -0.294 e. The van der Waals surface area contributed by atoms with Gasteiger partial charge in [0.05, 0.1) is 22.3 Å². The van der Waals surface area contributed by atoms with Gasteiger partial charge in [-0.25, -0.2) is 0 Å². The molecule has 1 aromatic carbocycles. The summed E-state index contributed by atoms with van der Waals surface area (Å²) in [5, 5.41) is 4.29. The lowest BCUT2D eigenvalue weighted by Crippen LogP contribution is -2.09. The lowest BCUT2D eigenvalue weighted by molar-refractivity contribution is 0.0990. The van der Waals surface area contributed by atoms with Crippen LogP contribution < -0.4 is 0 Å². The van der Waals surface area contributed by atoms with Crippen LogP contribution in [0.3, 0.4) is 0 Å². The topological polar surface area (TPSA) is 34.9 Å². The number of ketones is 1. The Kier molecular flexibility index (Phi) is 4.63. The van der Waals surface area contributed by atoms with Gasteiger partial charge in [-0.15, -0.1) is 0 Å². The van der Waals surface area contributed by atoms with E-state index in [-0.39, 0.29) is 5.78 Å². The maximum Gasteiger partial charge on any atom is 0.169 e. The highest BCUT2D eigenvalue weighted by Crippen LogP contribution is 2.26. The highest BCUT2D eigenvalue weighted by Gasteiger charge is 2.17. The van der Waals surface area contributed by atoms with Crippen LogP contribution in [0.4, 0.5) is 0 Å². The smallest absolute Gasteiger partial charge is 0.169 e. The van der Waals surface area contributed by atoms with Crippen molar-refractivity contribution in [1.82, 2.24) is 9.78 Å². The van der Waals surface area contributed by atoms with Gasteiger partial charge in [0.15, 0.2) is 5.78 Å². The number of carbonyl (C=O) groups is 1. The lowest BCUT2D eigenvalue weighted by Gasteiger charge is -2.05. The molecule has 2 aromatic rings. The Morgan fingerprint density at radius 2 is 2.00 bits per heavy atom. The van der Waals surface area contributed by atoms with E-state index in [1.165, 1.54) is 0 Å². The van der Waals surface area contributed by atoms with Gasteiger partial charge in [0.1, 0.15) is 0 Å². The average molecular weight is 451 g/mol. The quantitative estimate of drug-likeness (QED) is 0.648. The predicted octanol–water partition coefficient (Wildman–Crippen LogP) is 4.44. The van der Waals surface area contributed by atoms with Crippen molar-refractivity contribution in [3.05, 3.63) is 48.6 Å². The standard InChI is InChI=1S/C13H11Br3N2O/c1-7-13(16)11(18(2)17-7)6-12(19)9-4-3-8(14)5-10(9)15/h3-5H,6H2,1-2H3. The largest absolute Gasteiger partial charge is 0.294 e. The molecular weight excluding hydrogens is 440 g/mol. The number of hydrogen-bond acceptors (Lipinski definition) is 2. The number of carbonyl (C=O) groups excluding carboxylic acids is 1. The van der Waals surface area contributed by atoms with E-state index in [0.29, 0.717) is 12.0 Å². The molecule has 0 saturated heterocycles. The second-order valence-electron chi connectivity index (χ2n) is 4.19. The molecule has 19 heavy (non-hydrogen) atoms.